The smallest absolute Gasteiger partial charge is 0.269 e. The molecule has 0 atom stereocenters. The molecule has 0 bridgehead atoms. The zero-order chi connectivity index (χ0) is 24.5. The number of nitrogens with zero attached hydrogens (tertiary/aromatic N) is 3. The normalized spacial score (nSPS) is 11.3. The molecule has 3 rings (SSSR count). The maximum atomic E-state index is 13.2. The number of methoxy groups -OCH3 is 1. The van der Waals surface area contributed by atoms with E-state index in [4.69, 9.17) is 14.2 Å². The van der Waals surface area contributed by atoms with Crippen molar-refractivity contribution in [3.63, 3.8) is 0 Å². The molecule has 0 unspecified atom stereocenters. The predicted molar refractivity (Wildman–Crippen MR) is 127 cm³/mol. The van der Waals surface area contributed by atoms with Gasteiger partial charge in [0.05, 0.1) is 13.2 Å². The molecule has 0 aliphatic heterocycles. The largest absolute Gasteiger partial charge is 0.497 e. The van der Waals surface area contributed by atoms with Crippen LogP contribution in [0.25, 0.3) is 11.7 Å². The van der Waals surface area contributed by atoms with Crippen LogP contribution in [0.4, 0.5) is 0 Å². The van der Waals surface area contributed by atoms with E-state index >= 15 is 0 Å². The van der Waals surface area contributed by atoms with Gasteiger partial charge >= 0.3 is 0 Å². The summed E-state index contributed by atoms with van der Waals surface area (Å²) in [6.45, 7) is 4.67. The van der Waals surface area contributed by atoms with Crippen LogP contribution in [-0.4, -0.2) is 41.7 Å². The molecule has 0 radical (unpaired) electrons. The number of ether oxygens (including phenoxy) is 3. The van der Waals surface area contributed by atoms with E-state index in [2.05, 4.69) is 10.3 Å². The fourth-order valence-corrected chi connectivity index (χ4v) is 3.02. The highest BCUT2D eigenvalue weighted by Crippen LogP contribution is 2.25. The van der Waals surface area contributed by atoms with E-state index in [-0.39, 0.29) is 23.1 Å². The highest BCUT2D eigenvalue weighted by atomic mass is 16.5. The Kier molecular flexibility index (Phi) is 8.37. The standard InChI is InChI=1S/C25H26N4O5/c1-17(2)33-14-6-12-27-23(30)18(16-26)15-21-24(34-20-10-8-19(32-3)9-11-20)28-22-7-4-5-13-29(22)25(21)31/h4-5,7-11,13,15,17H,6,12,14H2,1-3H3,(H,27,30)/b18-15+. The minimum absolute atomic E-state index is 0.0191. The van der Waals surface area contributed by atoms with E-state index in [1.54, 1.807) is 55.8 Å². The number of nitrogens with one attached hydrogen (secondary N) is 1. The van der Waals surface area contributed by atoms with Crippen LogP contribution in [0.3, 0.4) is 0 Å². The molecule has 9 nitrogen and oxygen atoms in total. The zero-order valence-electron chi connectivity index (χ0n) is 19.3. The van der Waals surface area contributed by atoms with Gasteiger partial charge in [0, 0.05) is 19.3 Å². The Morgan fingerprint density at radius 3 is 2.62 bits per heavy atom. The van der Waals surface area contributed by atoms with Crippen LogP contribution in [0.2, 0.25) is 0 Å². The highest BCUT2D eigenvalue weighted by Gasteiger charge is 2.17. The molecule has 9 heteroatoms. The van der Waals surface area contributed by atoms with Crippen molar-refractivity contribution < 1.29 is 19.0 Å². The lowest BCUT2D eigenvalue weighted by Gasteiger charge is -2.11. The first kappa shape index (κ1) is 24.5. The molecule has 0 aliphatic carbocycles. The first-order chi connectivity index (χ1) is 16.4. The summed E-state index contributed by atoms with van der Waals surface area (Å²) >= 11 is 0. The maximum absolute atomic E-state index is 13.2. The van der Waals surface area contributed by atoms with E-state index in [0.717, 1.165) is 0 Å². The van der Waals surface area contributed by atoms with Gasteiger partial charge in [0.1, 0.15) is 34.4 Å². The van der Waals surface area contributed by atoms with Crippen molar-refractivity contribution in [3.05, 3.63) is 70.2 Å². The summed E-state index contributed by atoms with van der Waals surface area (Å²) in [7, 11) is 1.55. The van der Waals surface area contributed by atoms with E-state index < -0.39 is 11.5 Å². The lowest BCUT2D eigenvalue weighted by atomic mass is 10.1. The Balaban J connectivity index is 1.93. The number of aromatic nitrogens is 2. The molecule has 0 spiro atoms. The van der Waals surface area contributed by atoms with Gasteiger partial charge in [0.2, 0.25) is 5.88 Å². The summed E-state index contributed by atoms with van der Waals surface area (Å²) in [5.41, 5.74) is -0.366. The Morgan fingerprint density at radius 2 is 1.94 bits per heavy atom. The van der Waals surface area contributed by atoms with Crippen molar-refractivity contribution in [3.8, 4) is 23.4 Å². The second-order valence-corrected chi connectivity index (χ2v) is 7.54. The summed E-state index contributed by atoms with van der Waals surface area (Å²) in [5.74, 6) is 0.434. The number of fused-ring (bicyclic) bond motifs is 1. The average molecular weight is 463 g/mol. The lowest BCUT2D eigenvalue weighted by molar-refractivity contribution is -0.117. The second-order valence-electron chi connectivity index (χ2n) is 7.54. The first-order valence-electron chi connectivity index (χ1n) is 10.8. The molecule has 2 aromatic heterocycles. The number of benzene rings is 1. The van der Waals surface area contributed by atoms with Crippen LogP contribution < -0.4 is 20.3 Å². The Morgan fingerprint density at radius 1 is 1.21 bits per heavy atom. The van der Waals surface area contributed by atoms with Gasteiger partial charge in [-0.05, 0) is 62.7 Å². The van der Waals surface area contributed by atoms with Crippen LogP contribution in [0.1, 0.15) is 25.8 Å². The quantitative estimate of drug-likeness (QED) is 0.279. The third kappa shape index (κ3) is 6.21. The molecular weight excluding hydrogens is 436 g/mol. The monoisotopic (exact) mass is 462 g/mol. The van der Waals surface area contributed by atoms with Crippen LogP contribution in [0, 0.1) is 11.3 Å². The number of pyridine rings is 1. The van der Waals surface area contributed by atoms with E-state index in [0.29, 0.717) is 36.7 Å². The number of carbonyl (C=O) groups is 1. The molecule has 0 saturated carbocycles. The molecule has 0 fully saturated rings. The molecule has 1 amide bonds. The zero-order valence-corrected chi connectivity index (χ0v) is 19.3. The molecule has 0 saturated heterocycles. The van der Waals surface area contributed by atoms with Crippen molar-refractivity contribution in [1.29, 1.82) is 5.26 Å². The Hall–Kier alpha value is -4.16. The van der Waals surface area contributed by atoms with E-state index in [1.807, 2.05) is 19.9 Å². The molecule has 2 heterocycles. The molecule has 0 aliphatic rings. The van der Waals surface area contributed by atoms with Crippen molar-refractivity contribution in [2.24, 2.45) is 0 Å². The summed E-state index contributed by atoms with van der Waals surface area (Å²) in [5, 5.41) is 12.3. The van der Waals surface area contributed by atoms with Crippen molar-refractivity contribution in [1.82, 2.24) is 14.7 Å². The van der Waals surface area contributed by atoms with Gasteiger partial charge in [0.25, 0.3) is 11.5 Å². The SMILES string of the molecule is COc1ccc(Oc2nc3ccccn3c(=O)c2/C=C(\C#N)C(=O)NCCCOC(C)C)cc1. The second kappa shape index (κ2) is 11.6. The average Bonchev–Trinajstić information content (AvgIpc) is 2.84. The van der Waals surface area contributed by atoms with Gasteiger partial charge in [0.15, 0.2) is 0 Å². The lowest BCUT2D eigenvalue weighted by Crippen LogP contribution is -2.27. The third-order valence-electron chi connectivity index (χ3n) is 4.72. The predicted octanol–water partition coefficient (Wildman–Crippen LogP) is 3.33. The number of carbonyl (C=O) groups excluding carboxylic acids is 1. The first-order valence-corrected chi connectivity index (χ1v) is 10.8. The van der Waals surface area contributed by atoms with Gasteiger partial charge < -0.3 is 19.5 Å². The van der Waals surface area contributed by atoms with Crippen LogP contribution in [-0.2, 0) is 9.53 Å². The summed E-state index contributed by atoms with van der Waals surface area (Å²) in [6.07, 6.45) is 3.45. The number of rotatable bonds is 10. The summed E-state index contributed by atoms with van der Waals surface area (Å²) < 4.78 is 17.8. The van der Waals surface area contributed by atoms with Crippen LogP contribution in [0.5, 0.6) is 17.4 Å². The Labute approximate surface area is 197 Å². The number of hydrogen-bond acceptors (Lipinski definition) is 7. The van der Waals surface area contributed by atoms with E-state index in [9.17, 15) is 14.9 Å². The minimum Gasteiger partial charge on any atom is -0.497 e. The Bertz CT molecular complexity index is 1270. The molecule has 3 aromatic rings. The van der Waals surface area contributed by atoms with Gasteiger partial charge in [-0.15, -0.1) is 0 Å². The molecule has 1 N–H and O–H groups in total. The fraction of sp³-hybridized carbons (Fsp3) is 0.280. The van der Waals surface area contributed by atoms with Crippen molar-refractivity contribution >= 4 is 17.6 Å². The van der Waals surface area contributed by atoms with Gasteiger partial charge in [-0.3, -0.25) is 14.0 Å². The highest BCUT2D eigenvalue weighted by molar-refractivity contribution is 6.01. The number of nitriles is 1. The summed E-state index contributed by atoms with van der Waals surface area (Å²) in [4.78, 5) is 30.2. The van der Waals surface area contributed by atoms with Crippen molar-refractivity contribution in [2.45, 2.75) is 26.4 Å². The van der Waals surface area contributed by atoms with Crippen molar-refractivity contribution in [2.75, 3.05) is 20.3 Å². The minimum atomic E-state index is -0.597. The van der Waals surface area contributed by atoms with Gasteiger partial charge in [-0.2, -0.15) is 10.2 Å². The van der Waals surface area contributed by atoms with Crippen LogP contribution >= 0.6 is 0 Å². The third-order valence-corrected chi connectivity index (χ3v) is 4.72. The maximum Gasteiger partial charge on any atom is 0.269 e. The summed E-state index contributed by atoms with van der Waals surface area (Å²) in [6, 6.07) is 13.7. The molecule has 1 aromatic carbocycles. The molecule has 176 valence electrons. The number of amides is 1. The van der Waals surface area contributed by atoms with Crippen LogP contribution in [0.15, 0.2) is 59.0 Å². The fourth-order valence-electron chi connectivity index (χ4n) is 3.02. The van der Waals surface area contributed by atoms with Gasteiger partial charge in [-0.1, -0.05) is 6.07 Å². The number of hydrogen-bond donors (Lipinski definition) is 1. The molecular formula is C25H26N4O5. The molecule has 34 heavy (non-hydrogen) atoms. The van der Waals surface area contributed by atoms with Gasteiger partial charge in [-0.25, -0.2) is 0 Å². The topological polar surface area (TPSA) is 115 Å². The van der Waals surface area contributed by atoms with E-state index in [1.165, 1.54) is 10.5 Å².